The molecule has 0 spiro atoms. The summed E-state index contributed by atoms with van der Waals surface area (Å²) in [5.41, 5.74) is -0.323. The van der Waals surface area contributed by atoms with Crippen LogP contribution >= 0.6 is 0 Å². The van der Waals surface area contributed by atoms with E-state index in [1.807, 2.05) is 6.92 Å². The monoisotopic (exact) mass is 267 g/mol. The Balaban J connectivity index is 2.13. The van der Waals surface area contributed by atoms with E-state index in [9.17, 15) is 9.59 Å². The highest BCUT2D eigenvalue weighted by Crippen LogP contribution is 2.46. The number of piperidine rings is 1. The summed E-state index contributed by atoms with van der Waals surface area (Å²) in [5.74, 6) is 0.432. The fraction of sp³-hybridized carbons (Fsp3) is 0.867. The van der Waals surface area contributed by atoms with E-state index in [0.717, 1.165) is 32.1 Å². The van der Waals surface area contributed by atoms with Crippen molar-refractivity contribution in [2.75, 3.05) is 19.7 Å². The number of hydrogen-bond acceptors (Lipinski definition) is 3. The third-order valence-corrected chi connectivity index (χ3v) is 4.91. The molecule has 1 amide bonds. The Labute approximate surface area is 115 Å². The molecule has 1 aliphatic heterocycles. The third kappa shape index (κ3) is 2.93. The van der Waals surface area contributed by atoms with Crippen molar-refractivity contribution in [1.82, 2.24) is 4.90 Å². The van der Waals surface area contributed by atoms with E-state index >= 15 is 0 Å². The molecule has 0 unspecified atom stereocenters. The maximum absolute atomic E-state index is 12.5. The van der Waals surface area contributed by atoms with Gasteiger partial charge in [0.2, 0.25) is 6.41 Å². The number of likely N-dealkylation sites (tertiary alicyclic amines) is 1. The molecule has 1 saturated carbocycles. The van der Waals surface area contributed by atoms with Crippen molar-refractivity contribution in [3.63, 3.8) is 0 Å². The Morgan fingerprint density at radius 1 is 1.26 bits per heavy atom. The van der Waals surface area contributed by atoms with Crippen molar-refractivity contribution < 1.29 is 14.3 Å². The van der Waals surface area contributed by atoms with Crippen LogP contribution in [0.1, 0.15) is 51.9 Å². The number of carbonyl (C=O) groups excluding carboxylic acids is 2. The molecule has 0 radical (unpaired) electrons. The Morgan fingerprint density at radius 2 is 1.89 bits per heavy atom. The quantitative estimate of drug-likeness (QED) is 0.580. The molecular formula is C15H25NO3. The molecule has 0 aromatic heterocycles. The zero-order valence-electron chi connectivity index (χ0n) is 11.9. The van der Waals surface area contributed by atoms with Crippen LogP contribution in [-0.2, 0) is 14.3 Å². The van der Waals surface area contributed by atoms with Gasteiger partial charge in [-0.05, 0) is 38.5 Å². The minimum absolute atomic E-state index is 0.0209. The lowest BCUT2D eigenvalue weighted by Gasteiger charge is -2.45. The molecule has 1 aliphatic carbocycles. The van der Waals surface area contributed by atoms with Crippen LogP contribution in [0.4, 0.5) is 0 Å². The minimum atomic E-state index is -0.323. The van der Waals surface area contributed by atoms with Gasteiger partial charge in [-0.1, -0.05) is 19.3 Å². The highest BCUT2D eigenvalue weighted by molar-refractivity contribution is 5.77. The van der Waals surface area contributed by atoms with Crippen LogP contribution < -0.4 is 0 Å². The Bertz CT molecular complexity index is 315. The topological polar surface area (TPSA) is 46.6 Å². The normalized spacial score (nSPS) is 23.9. The Kier molecular flexibility index (Phi) is 4.83. The highest BCUT2D eigenvalue weighted by atomic mass is 16.5. The first-order valence-corrected chi connectivity index (χ1v) is 7.59. The van der Waals surface area contributed by atoms with Gasteiger partial charge in [0.1, 0.15) is 0 Å². The maximum atomic E-state index is 12.5. The summed E-state index contributed by atoms with van der Waals surface area (Å²) in [4.78, 5) is 25.1. The van der Waals surface area contributed by atoms with E-state index in [1.54, 1.807) is 4.90 Å². The molecule has 0 bridgehead atoms. The van der Waals surface area contributed by atoms with Gasteiger partial charge < -0.3 is 9.64 Å². The first kappa shape index (κ1) is 14.4. The molecule has 19 heavy (non-hydrogen) atoms. The zero-order chi connectivity index (χ0) is 13.7. The number of hydrogen-bond donors (Lipinski definition) is 0. The van der Waals surface area contributed by atoms with E-state index in [0.29, 0.717) is 25.6 Å². The van der Waals surface area contributed by atoms with Crippen molar-refractivity contribution in [2.45, 2.75) is 51.9 Å². The van der Waals surface area contributed by atoms with Crippen LogP contribution in [0.3, 0.4) is 0 Å². The van der Waals surface area contributed by atoms with Crippen LogP contribution in [0.15, 0.2) is 0 Å². The average molecular weight is 267 g/mol. The summed E-state index contributed by atoms with van der Waals surface area (Å²) in [6.45, 7) is 3.70. The molecule has 0 N–H and O–H groups in total. The summed E-state index contributed by atoms with van der Waals surface area (Å²) in [6.07, 6.45) is 8.46. The third-order valence-electron chi connectivity index (χ3n) is 4.91. The van der Waals surface area contributed by atoms with Crippen LogP contribution in [0.5, 0.6) is 0 Å². The Morgan fingerprint density at radius 3 is 2.42 bits per heavy atom. The predicted molar refractivity (Wildman–Crippen MR) is 72.5 cm³/mol. The van der Waals surface area contributed by atoms with Crippen molar-refractivity contribution in [3.05, 3.63) is 0 Å². The van der Waals surface area contributed by atoms with Crippen LogP contribution in [0, 0.1) is 11.3 Å². The fourth-order valence-corrected chi connectivity index (χ4v) is 3.74. The first-order chi connectivity index (χ1) is 9.23. The second-order valence-corrected chi connectivity index (χ2v) is 5.85. The molecule has 0 aromatic carbocycles. The minimum Gasteiger partial charge on any atom is -0.466 e. The molecule has 0 aromatic rings. The van der Waals surface area contributed by atoms with Gasteiger partial charge in [0.15, 0.2) is 0 Å². The SMILES string of the molecule is CCOC(=O)C1(C2CCCCC2)CCN(C=O)CC1. The first-order valence-electron chi connectivity index (χ1n) is 7.59. The summed E-state index contributed by atoms with van der Waals surface area (Å²) in [7, 11) is 0. The lowest BCUT2D eigenvalue weighted by atomic mass is 9.64. The number of ether oxygens (including phenoxy) is 1. The molecule has 0 atom stereocenters. The van der Waals surface area contributed by atoms with Gasteiger partial charge >= 0.3 is 5.97 Å². The maximum Gasteiger partial charge on any atom is 0.312 e. The molecule has 2 aliphatic rings. The number of esters is 1. The van der Waals surface area contributed by atoms with E-state index in [2.05, 4.69) is 0 Å². The van der Waals surface area contributed by atoms with Crippen molar-refractivity contribution >= 4 is 12.4 Å². The zero-order valence-corrected chi connectivity index (χ0v) is 11.9. The van der Waals surface area contributed by atoms with Gasteiger partial charge in [0, 0.05) is 13.1 Å². The van der Waals surface area contributed by atoms with Gasteiger partial charge in [0.25, 0.3) is 0 Å². The van der Waals surface area contributed by atoms with E-state index in [1.165, 1.54) is 19.3 Å². The van der Waals surface area contributed by atoms with Gasteiger partial charge in [-0.2, -0.15) is 0 Å². The molecule has 2 fully saturated rings. The molecule has 2 rings (SSSR count). The second-order valence-electron chi connectivity index (χ2n) is 5.85. The van der Waals surface area contributed by atoms with Gasteiger partial charge in [-0.15, -0.1) is 0 Å². The second kappa shape index (κ2) is 6.40. The Hall–Kier alpha value is -1.06. The molecule has 108 valence electrons. The largest absolute Gasteiger partial charge is 0.466 e. The summed E-state index contributed by atoms with van der Waals surface area (Å²) in [5, 5.41) is 0. The highest BCUT2D eigenvalue weighted by Gasteiger charge is 2.48. The predicted octanol–water partition coefficient (Wildman–Crippen LogP) is 2.37. The van der Waals surface area contributed by atoms with Crippen molar-refractivity contribution in [1.29, 1.82) is 0 Å². The van der Waals surface area contributed by atoms with Crippen molar-refractivity contribution in [3.8, 4) is 0 Å². The fourth-order valence-electron chi connectivity index (χ4n) is 3.74. The van der Waals surface area contributed by atoms with E-state index < -0.39 is 0 Å². The van der Waals surface area contributed by atoms with Gasteiger partial charge in [-0.3, -0.25) is 9.59 Å². The number of rotatable bonds is 4. The smallest absolute Gasteiger partial charge is 0.312 e. The molecule has 4 nitrogen and oxygen atoms in total. The number of carbonyl (C=O) groups is 2. The van der Waals surface area contributed by atoms with Gasteiger partial charge in [0.05, 0.1) is 12.0 Å². The van der Waals surface area contributed by atoms with Crippen LogP contribution in [0.2, 0.25) is 0 Å². The summed E-state index contributed by atoms with van der Waals surface area (Å²) >= 11 is 0. The van der Waals surface area contributed by atoms with E-state index in [4.69, 9.17) is 4.74 Å². The van der Waals surface area contributed by atoms with Crippen molar-refractivity contribution in [2.24, 2.45) is 11.3 Å². The number of amides is 1. The number of nitrogens with zero attached hydrogens (tertiary/aromatic N) is 1. The average Bonchev–Trinajstić information content (AvgIpc) is 2.48. The molecule has 1 saturated heterocycles. The van der Waals surface area contributed by atoms with E-state index in [-0.39, 0.29) is 11.4 Å². The van der Waals surface area contributed by atoms with Crippen LogP contribution in [-0.4, -0.2) is 37.0 Å². The van der Waals surface area contributed by atoms with Crippen LogP contribution in [0.25, 0.3) is 0 Å². The lowest BCUT2D eigenvalue weighted by molar-refractivity contribution is -0.165. The molecular weight excluding hydrogens is 242 g/mol. The summed E-state index contributed by atoms with van der Waals surface area (Å²) < 4.78 is 5.36. The summed E-state index contributed by atoms with van der Waals surface area (Å²) in [6, 6.07) is 0. The van der Waals surface area contributed by atoms with Gasteiger partial charge in [-0.25, -0.2) is 0 Å². The lowest BCUT2D eigenvalue weighted by Crippen LogP contribution is -2.49. The molecule has 1 heterocycles. The molecule has 4 heteroatoms. The standard InChI is InChI=1S/C15H25NO3/c1-2-19-14(18)15(13-6-4-3-5-7-13)8-10-16(12-17)11-9-15/h12-13H,2-11H2,1H3.